The zero-order valence-corrected chi connectivity index (χ0v) is 14.0. The minimum absolute atomic E-state index is 0.264. The first kappa shape index (κ1) is 18.0. The number of amides is 2. The Balaban J connectivity index is 1.90. The molecular weight excluding hydrogens is 322 g/mol. The molecule has 2 rings (SSSR count). The third-order valence-corrected chi connectivity index (χ3v) is 3.31. The van der Waals surface area contributed by atoms with Crippen LogP contribution in [0.25, 0.3) is 0 Å². The molecule has 7 nitrogen and oxygen atoms in total. The largest absolute Gasteiger partial charge is 0.497 e. The number of nitrogens with one attached hydrogen (secondary N) is 2. The van der Waals surface area contributed by atoms with E-state index in [4.69, 9.17) is 9.47 Å². The summed E-state index contributed by atoms with van der Waals surface area (Å²) in [6, 6.07) is 14.4. The zero-order chi connectivity index (χ0) is 18.1. The molecule has 0 saturated carbocycles. The predicted octanol–water partition coefficient (Wildman–Crippen LogP) is 1.47. The number of benzene rings is 2. The Hall–Kier alpha value is -3.35. The third kappa shape index (κ3) is 5.35. The van der Waals surface area contributed by atoms with Crippen LogP contribution >= 0.6 is 0 Å². The normalized spacial score (nSPS) is 10.3. The number of rotatable bonds is 6. The van der Waals surface area contributed by atoms with Crippen LogP contribution < -0.4 is 20.2 Å². The highest BCUT2D eigenvalue weighted by molar-refractivity contribution is 6.35. The van der Waals surface area contributed by atoms with Gasteiger partial charge in [-0.3, -0.25) is 9.59 Å². The van der Waals surface area contributed by atoms with E-state index in [9.17, 15) is 9.59 Å². The van der Waals surface area contributed by atoms with Gasteiger partial charge in [0.15, 0.2) is 0 Å². The van der Waals surface area contributed by atoms with Gasteiger partial charge in [0.2, 0.25) is 0 Å². The van der Waals surface area contributed by atoms with E-state index in [1.807, 2.05) is 30.3 Å². The van der Waals surface area contributed by atoms with E-state index in [2.05, 4.69) is 15.8 Å². The number of carbonyl (C=O) groups excluding carboxylic acids is 2. The molecule has 0 radical (unpaired) electrons. The fourth-order valence-corrected chi connectivity index (χ4v) is 2.01. The van der Waals surface area contributed by atoms with Crippen LogP contribution in [0, 0.1) is 0 Å². The van der Waals surface area contributed by atoms with Gasteiger partial charge in [0.1, 0.15) is 11.5 Å². The molecule has 2 amide bonds. The van der Waals surface area contributed by atoms with E-state index in [-0.39, 0.29) is 6.54 Å². The second kappa shape index (κ2) is 9.07. The average Bonchev–Trinajstić information content (AvgIpc) is 2.66. The van der Waals surface area contributed by atoms with E-state index < -0.39 is 11.8 Å². The van der Waals surface area contributed by atoms with Crippen molar-refractivity contribution in [3.63, 3.8) is 0 Å². The second-order valence-corrected chi connectivity index (χ2v) is 4.98. The van der Waals surface area contributed by atoms with Crippen molar-refractivity contribution in [3.8, 4) is 11.5 Å². The van der Waals surface area contributed by atoms with E-state index in [1.54, 1.807) is 25.3 Å². The van der Waals surface area contributed by atoms with Crippen molar-refractivity contribution < 1.29 is 19.1 Å². The first-order valence-corrected chi connectivity index (χ1v) is 7.51. The highest BCUT2D eigenvalue weighted by Gasteiger charge is 2.12. The highest BCUT2D eigenvalue weighted by atomic mass is 16.5. The number of nitrogens with zero attached hydrogens (tertiary/aromatic N) is 1. The van der Waals surface area contributed by atoms with Crippen LogP contribution in [-0.4, -0.2) is 32.2 Å². The molecule has 2 aromatic rings. The molecule has 0 aliphatic heterocycles. The molecular formula is C18H19N3O4. The molecule has 0 heterocycles. The Morgan fingerprint density at radius 1 is 1.04 bits per heavy atom. The lowest BCUT2D eigenvalue weighted by atomic mass is 10.2. The maximum Gasteiger partial charge on any atom is 0.329 e. The van der Waals surface area contributed by atoms with Gasteiger partial charge in [-0.05, 0) is 23.8 Å². The van der Waals surface area contributed by atoms with Gasteiger partial charge in [0, 0.05) is 12.1 Å². The van der Waals surface area contributed by atoms with Crippen molar-refractivity contribution in [3.05, 3.63) is 59.7 Å². The third-order valence-electron chi connectivity index (χ3n) is 3.31. The first-order chi connectivity index (χ1) is 12.1. The molecule has 0 fully saturated rings. The Kier molecular flexibility index (Phi) is 6.53. The smallest absolute Gasteiger partial charge is 0.329 e. The molecule has 2 aromatic carbocycles. The highest BCUT2D eigenvalue weighted by Crippen LogP contribution is 2.22. The standard InChI is InChI=1S/C18H19N3O4/c1-24-15-8-9-16(25-2)14(10-15)12-20-21-18(23)17(22)19-11-13-6-4-3-5-7-13/h3-10,12H,11H2,1-2H3,(H,19,22)(H,21,23)/b20-12+. The summed E-state index contributed by atoms with van der Waals surface area (Å²) in [6.45, 7) is 0.264. The summed E-state index contributed by atoms with van der Waals surface area (Å²) < 4.78 is 10.3. The predicted molar refractivity (Wildman–Crippen MR) is 93.6 cm³/mol. The van der Waals surface area contributed by atoms with Gasteiger partial charge in [0.25, 0.3) is 0 Å². The Morgan fingerprint density at radius 2 is 1.80 bits per heavy atom. The fourth-order valence-electron chi connectivity index (χ4n) is 2.01. The number of carbonyl (C=O) groups is 2. The quantitative estimate of drug-likeness (QED) is 0.473. The number of hydrazone groups is 1. The van der Waals surface area contributed by atoms with Gasteiger partial charge in [-0.15, -0.1) is 0 Å². The van der Waals surface area contributed by atoms with Crippen LogP contribution in [0.1, 0.15) is 11.1 Å². The van der Waals surface area contributed by atoms with Crippen LogP contribution in [0.3, 0.4) is 0 Å². The Bertz CT molecular complexity index is 760. The molecule has 130 valence electrons. The van der Waals surface area contributed by atoms with Crippen molar-refractivity contribution in [2.75, 3.05) is 14.2 Å². The summed E-state index contributed by atoms with van der Waals surface area (Å²) in [6.07, 6.45) is 1.38. The molecule has 0 atom stereocenters. The van der Waals surface area contributed by atoms with Gasteiger partial charge in [0.05, 0.1) is 20.4 Å². The number of hydrogen-bond donors (Lipinski definition) is 2. The molecule has 0 unspecified atom stereocenters. The summed E-state index contributed by atoms with van der Waals surface area (Å²) in [7, 11) is 3.07. The van der Waals surface area contributed by atoms with Crippen molar-refractivity contribution in [1.82, 2.24) is 10.7 Å². The topological polar surface area (TPSA) is 89.0 Å². The van der Waals surface area contributed by atoms with Crippen molar-refractivity contribution >= 4 is 18.0 Å². The van der Waals surface area contributed by atoms with E-state index in [0.29, 0.717) is 17.1 Å². The Labute approximate surface area is 145 Å². The van der Waals surface area contributed by atoms with Gasteiger partial charge in [-0.2, -0.15) is 5.10 Å². The van der Waals surface area contributed by atoms with Gasteiger partial charge < -0.3 is 14.8 Å². The molecule has 0 aliphatic carbocycles. The lowest BCUT2D eigenvalue weighted by Crippen LogP contribution is -2.37. The number of methoxy groups -OCH3 is 2. The van der Waals surface area contributed by atoms with Crippen LogP contribution in [0.4, 0.5) is 0 Å². The van der Waals surface area contributed by atoms with Crippen LogP contribution in [-0.2, 0) is 16.1 Å². The van der Waals surface area contributed by atoms with Gasteiger partial charge in [-0.25, -0.2) is 5.43 Å². The van der Waals surface area contributed by atoms with E-state index >= 15 is 0 Å². The van der Waals surface area contributed by atoms with Gasteiger partial charge in [-0.1, -0.05) is 30.3 Å². The Morgan fingerprint density at radius 3 is 2.48 bits per heavy atom. The number of ether oxygens (including phenoxy) is 2. The van der Waals surface area contributed by atoms with Crippen molar-refractivity contribution in [1.29, 1.82) is 0 Å². The monoisotopic (exact) mass is 341 g/mol. The summed E-state index contributed by atoms with van der Waals surface area (Å²) in [5.74, 6) is -0.436. The molecule has 0 aliphatic rings. The molecule has 25 heavy (non-hydrogen) atoms. The first-order valence-electron chi connectivity index (χ1n) is 7.51. The molecule has 0 aromatic heterocycles. The SMILES string of the molecule is COc1ccc(OC)c(/C=N/NC(=O)C(=O)NCc2ccccc2)c1. The maximum atomic E-state index is 11.7. The van der Waals surface area contributed by atoms with Gasteiger partial charge >= 0.3 is 11.8 Å². The molecule has 0 bridgehead atoms. The van der Waals surface area contributed by atoms with Crippen LogP contribution in [0.15, 0.2) is 53.6 Å². The van der Waals surface area contributed by atoms with Crippen LogP contribution in [0.5, 0.6) is 11.5 Å². The molecule has 2 N–H and O–H groups in total. The lowest BCUT2D eigenvalue weighted by molar-refractivity contribution is -0.139. The van der Waals surface area contributed by atoms with Crippen molar-refractivity contribution in [2.24, 2.45) is 5.10 Å². The lowest BCUT2D eigenvalue weighted by Gasteiger charge is -2.07. The summed E-state index contributed by atoms with van der Waals surface area (Å²) >= 11 is 0. The fraction of sp³-hybridized carbons (Fsp3) is 0.167. The minimum atomic E-state index is -0.853. The maximum absolute atomic E-state index is 11.7. The number of hydrogen-bond acceptors (Lipinski definition) is 5. The van der Waals surface area contributed by atoms with Crippen LogP contribution in [0.2, 0.25) is 0 Å². The van der Waals surface area contributed by atoms with Crippen molar-refractivity contribution in [2.45, 2.75) is 6.54 Å². The average molecular weight is 341 g/mol. The summed E-state index contributed by atoms with van der Waals surface area (Å²) in [5.41, 5.74) is 3.68. The second-order valence-electron chi connectivity index (χ2n) is 4.98. The zero-order valence-electron chi connectivity index (χ0n) is 14.0. The summed E-state index contributed by atoms with van der Waals surface area (Å²) in [5, 5.41) is 6.30. The molecule has 7 heteroatoms. The summed E-state index contributed by atoms with van der Waals surface area (Å²) in [4.78, 5) is 23.5. The molecule has 0 spiro atoms. The minimum Gasteiger partial charge on any atom is -0.497 e. The van der Waals surface area contributed by atoms with E-state index in [0.717, 1.165) is 5.56 Å². The van der Waals surface area contributed by atoms with E-state index in [1.165, 1.54) is 13.3 Å². The molecule has 0 saturated heterocycles.